The maximum absolute atomic E-state index is 13.4. The van der Waals surface area contributed by atoms with Crippen molar-refractivity contribution in [3.8, 4) is 11.5 Å². The lowest BCUT2D eigenvalue weighted by Crippen LogP contribution is -2.44. The van der Waals surface area contributed by atoms with Gasteiger partial charge in [-0.1, -0.05) is 35.0 Å². The van der Waals surface area contributed by atoms with Crippen LogP contribution in [0.1, 0.15) is 38.3 Å². The first kappa shape index (κ1) is 26.2. The van der Waals surface area contributed by atoms with Crippen LogP contribution in [0.3, 0.4) is 0 Å². The molecule has 0 radical (unpaired) electrons. The van der Waals surface area contributed by atoms with Crippen LogP contribution in [0.25, 0.3) is 11.5 Å². The van der Waals surface area contributed by atoms with E-state index in [9.17, 15) is 12.8 Å². The molecule has 10 heteroatoms. The van der Waals surface area contributed by atoms with Gasteiger partial charge in [-0.3, -0.25) is 0 Å². The van der Waals surface area contributed by atoms with Crippen molar-refractivity contribution >= 4 is 33.4 Å². The minimum atomic E-state index is -3.16. The molecular weight excluding hydrogens is 509 g/mol. The van der Waals surface area contributed by atoms with Gasteiger partial charge in [0.25, 0.3) is 0 Å². The Balaban J connectivity index is 1.54. The number of benzene rings is 1. The Kier molecular flexibility index (Phi) is 8.54. The van der Waals surface area contributed by atoms with E-state index in [4.69, 9.17) is 21.0 Å². The van der Waals surface area contributed by atoms with Gasteiger partial charge in [-0.2, -0.15) is 0 Å². The second kappa shape index (κ2) is 11.4. The molecule has 0 spiro atoms. The van der Waals surface area contributed by atoms with E-state index in [1.807, 2.05) is 18.2 Å². The van der Waals surface area contributed by atoms with Crippen molar-refractivity contribution < 1.29 is 17.2 Å². The van der Waals surface area contributed by atoms with Crippen molar-refractivity contribution in [3.05, 3.63) is 69.5 Å². The van der Waals surface area contributed by atoms with Crippen LogP contribution >= 0.6 is 23.4 Å². The normalized spacial score (nSPS) is 22.9. The van der Waals surface area contributed by atoms with Gasteiger partial charge < -0.3 is 9.73 Å². The Morgan fingerprint density at radius 3 is 2.63 bits per heavy atom. The van der Waals surface area contributed by atoms with Gasteiger partial charge in [0, 0.05) is 41.2 Å². The Bertz CT molecular complexity index is 1250. The van der Waals surface area contributed by atoms with Gasteiger partial charge in [0.15, 0.2) is 5.09 Å². The molecule has 2 heterocycles. The third kappa shape index (κ3) is 7.07. The van der Waals surface area contributed by atoms with Crippen LogP contribution in [0.5, 0.6) is 0 Å². The molecule has 0 saturated carbocycles. The van der Waals surface area contributed by atoms with E-state index in [0.29, 0.717) is 41.2 Å². The minimum Gasteiger partial charge on any atom is -0.429 e. The summed E-state index contributed by atoms with van der Waals surface area (Å²) in [5.74, 6) is 0.116. The summed E-state index contributed by atoms with van der Waals surface area (Å²) < 4.78 is 44.7. The lowest BCUT2D eigenvalue weighted by atomic mass is 10.1. The maximum atomic E-state index is 13.4. The summed E-state index contributed by atoms with van der Waals surface area (Å²) in [6, 6.07) is 6.26. The average Bonchev–Trinajstić information content (AvgIpc) is 3.22. The highest BCUT2D eigenvalue weighted by atomic mass is 35.5. The zero-order valence-corrected chi connectivity index (χ0v) is 22.1. The number of oxazole rings is 1. The zero-order chi connectivity index (χ0) is 25.0. The second-order valence-corrected chi connectivity index (χ2v) is 12.2. The number of allylic oxidation sites excluding steroid dienone is 5. The summed E-state index contributed by atoms with van der Waals surface area (Å²) in [4.78, 5) is 5.79. The molecular formula is C25H29ClFN3O3S2. The second-order valence-electron chi connectivity index (χ2n) is 8.78. The first-order chi connectivity index (χ1) is 16.7. The van der Waals surface area contributed by atoms with Gasteiger partial charge in [0.05, 0.1) is 6.26 Å². The van der Waals surface area contributed by atoms with Crippen molar-refractivity contribution in [1.82, 2.24) is 14.6 Å². The fourth-order valence-electron chi connectivity index (χ4n) is 4.01. The summed E-state index contributed by atoms with van der Waals surface area (Å²) in [5.41, 5.74) is 2.70. The molecule has 1 aliphatic heterocycles. The molecule has 2 aliphatic rings. The number of nitrogens with one attached hydrogen (secondary N) is 1. The first-order valence-corrected chi connectivity index (χ1v) is 14.6. The topological polar surface area (TPSA) is 75.4 Å². The summed E-state index contributed by atoms with van der Waals surface area (Å²) in [5, 5.41) is 4.90. The van der Waals surface area contributed by atoms with E-state index in [2.05, 4.69) is 12.2 Å². The molecule has 0 atom stereocenters. The van der Waals surface area contributed by atoms with Crippen LogP contribution in [0, 0.1) is 5.82 Å². The fraction of sp³-hybridized carbons (Fsp3) is 0.400. The zero-order valence-electron chi connectivity index (χ0n) is 19.8. The van der Waals surface area contributed by atoms with Gasteiger partial charge in [0.1, 0.15) is 11.5 Å². The number of nitrogens with zero attached hydrogens (tertiary/aromatic N) is 2. The van der Waals surface area contributed by atoms with Crippen molar-refractivity contribution in [2.24, 2.45) is 0 Å². The molecule has 1 fully saturated rings. The average molecular weight is 538 g/mol. The smallest absolute Gasteiger partial charge is 0.227 e. The Morgan fingerprint density at radius 1 is 1.23 bits per heavy atom. The van der Waals surface area contributed by atoms with Crippen LogP contribution in [-0.4, -0.2) is 43.1 Å². The van der Waals surface area contributed by atoms with Crippen LogP contribution in [0.15, 0.2) is 67.5 Å². The molecule has 4 rings (SSSR count). The first-order valence-electron chi connectivity index (χ1n) is 11.5. The third-order valence-corrected chi connectivity index (χ3v) is 8.90. The number of rotatable bonds is 7. The number of sulfonamides is 1. The number of piperidine rings is 1. The standard InChI is InChI=1S/C25H29ClFN3O3S2/c1-17-4-3-5-19(26)8-11-23(17)34-25-22(29-24(33-25)18-6-9-20(27)10-7-18)16-28-21-12-14-30(15-13-21)35(2,31)32/h5-11,21,28H,3-4,12-16H2,1-2H3/b11-8-,19-5+,23-17+. The molecule has 0 bridgehead atoms. The van der Waals surface area contributed by atoms with E-state index >= 15 is 0 Å². The Hall–Kier alpha value is -1.91. The van der Waals surface area contributed by atoms with Crippen LogP contribution < -0.4 is 5.32 Å². The highest BCUT2D eigenvalue weighted by Crippen LogP contribution is 2.37. The molecule has 188 valence electrons. The summed E-state index contributed by atoms with van der Waals surface area (Å²) in [6.45, 7) is 3.59. The maximum Gasteiger partial charge on any atom is 0.227 e. The largest absolute Gasteiger partial charge is 0.429 e. The quantitative estimate of drug-likeness (QED) is 0.478. The van der Waals surface area contributed by atoms with E-state index in [1.54, 1.807) is 12.1 Å². The number of aromatic nitrogens is 1. The molecule has 1 aromatic heterocycles. The number of halogens is 2. The molecule has 1 saturated heterocycles. The SMILES string of the molecule is C/C1=C(Sc2oc(-c3ccc(F)cc3)nc2CNC2CCN(S(C)(=O)=O)CC2)/C=C\C(Cl)=C/CC1. The van der Waals surface area contributed by atoms with E-state index in [1.165, 1.54) is 40.0 Å². The van der Waals surface area contributed by atoms with Gasteiger partial charge in [-0.05, 0) is 69.0 Å². The van der Waals surface area contributed by atoms with Crippen molar-refractivity contribution in [2.75, 3.05) is 19.3 Å². The summed E-state index contributed by atoms with van der Waals surface area (Å²) in [7, 11) is -3.16. The van der Waals surface area contributed by atoms with Crippen LogP contribution in [0.4, 0.5) is 4.39 Å². The van der Waals surface area contributed by atoms with Crippen LogP contribution in [-0.2, 0) is 16.6 Å². The molecule has 0 unspecified atom stereocenters. The Morgan fingerprint density at radius 2 is 1.94 bits per heavy atom. The lowest BCUT2D eigenvalue weighted by molar-refractivity contribution is 0.288. The van der Waals surface area contributed by atoms with Crippen molar-refractivity contribution in [3.63, 3.8) is 0 Å². The molecule has 2 aromatic rings. The molecule has 1 aliphatic carbocycles. The number of hydrogen-bond donors (Lipinski definition) is 1. The highest BCUT2D eigenvalue weighted by Gasteiger charge is 2.25. The molecule has 0 amide bonds. The molecule has 1 N–H and O–H groups in total. The van der Waals surface area contributed by atoms with Gasteiger partial charge in [0.2, 0.25) is 15.9 Å². The van der Waals surface area contributed by atoms with Crippen molar-refractivity contribution in [1.29, 1.82) is 0 Å². The third-order valence-electron chi connectivity index (χ3n) is 6.11. The van der Waals surface area contributed by atoms with Crippen molar-refractivity contribution in [2.45, 2.75) is 50.3 Å². The molecule has 35 heavy (non-hydrogen) atoms. The summed E-state index contributed by atoms with van der Waals surface area (Å²) in [6.07, 6.45) is 10.4. The Labute approximate surface area is 215 Å². The monoisotopic (exact) mass is 537 g/mol. The predicted octanol–water partition coefficient (Wildman–Crippen LogP) is 5.83. The van der Waals surface area contributed by atoms with E-state index in [0.717, 1.165) is 36.3 Å². The van der Waals surface area contributed by atoms with Gasteiger partial charge in [-0.25, -0.2) is 22.1 Å². The lowest BCUT2D eigenvalue weighted by Gasteiger charge is -2.30. The number of hydrogen-bond acceptors (Lipinski definition) is 6. The van der Waals surface area contributed by atoms with E-state index in [-0.39, 0.29) is 11.9 Å². The van der Waals surface area contributed by atoms with Gasteiger partial charge >= 0.3 is 0 Å². The predicted molar refractivity (Wildman–Crippen MR) is 139 cm³/mol. The van der Waals surface area contributed by atoms with Gasteiger partial charge in [-0.15, -0.1) is 0 Å². The number of thioether (sulfide) groups is 1. The molecule has 6 nitrogen and oxygen atoms in total. The summed E-state index contributed by atoms with van der Waals surface area (Å²) >= 11 is 7.75. The van der Waals surface area contributed by atoms with E-state index < -0.39 is 10.0 Å². The minimum absolute atomic E-state index is 0.183. The molecule has 1 aromatic carbocycles. The van der Waals surface area contributed by atoms with Crippen LogP contribution in [0.2, 0.25) is 0 Å². The highest BCUT2D eigenvalue weighted by molar-refractivity contribution is 8.03. The fourth-order valence-corrected chi connectivity index (χ4v) is 6.03.